The highest BCUT2D eigenvalue weighted by Gasteiger charge is 2.25. The topological polar surface area (TPSA) is 20.3 Å². The minimum absolute atomic E-state index is 0.433. The molecule has 0 unspecified atom stereocenters. The molecule has 1 saturated carbocycles. The summed E-state index contributed by atoms with van der Waals surface area (Å²) in [5.74, 6) is 0.433. The van der Waals surface area contributed by atoms with E-state index >= 15 is 0 Å². The average Bonchev–Trinajstić information content (AvgIpc) is 2.48. The molecule has 0 heterocycles. The van der Waals surface area contributed by atoms with Crippen molar-refractivity contribution in [3.05, 3.63) is 45.0 Å². The average molecular weight is 397 g/mol. The molecule has 2 nitrogen and oxygen atoms in total. The van der Waals surface area contributed by atoms with E-state index in [0.29, 0.717) is 11.8 Å². The van der Waals surface area contributed by atoms with E-state index in [4.69, 9.17) is 0 Å². The number of carbonyl (C=O) groups is 1. The van der Waals surface area contributed by atoms with Gasteiger partial charge in [0.25, 0.3) is 0 Å². The summed E-state index contributed by atoms with van der Waals surface area (Å²) < 4.78 is 1.42. The van der Waals surface area contributed by atoms with Crippen molar-refractivity contribution in [2.45, 2.75) is 52.1 Å². The van der Waals surface area contributed by atoms with E-state index in [9.17, 15) is 4.79 Å². The number of carbonyl (C=O) groups excluding carboxylic acids is 1. The molecule has 0 bridgehead atoms. The number of hydrogen-bond donors (Lipinski definition) is 0. The molecule has 114 valence electrons. The molecule has 1 aromatic rings. The van der Waals surface area contributed by atoms with Crippen molar-refractivity contribution in [2.24, 2.45) is 0 Å². The van der Waals surface area contributed by atoms with Crippen LogP contribution in [0.25, 0.3) is 0 Å². The lowest BCUT2D eigenvalue weighted by Gasteiger charge is -2.34. The van der Waals surface area contributed by atoms with Crippen LogP contribution in [-0.2, 0) is 11.3 Å². The second-order valence-corrected chi connectivity index (χ2v) is 7.37. The van der Waals surface area contributed by atoms with Gasteiger partial charge in [-0.1, -0.05) is 35.9 Å². The molecule has 2 rings (SSSR count). The number of rotatable bonds is 5. The largest absolute Gasteiger partial charge is 0.300 e. The minimum atomic E-state index is 0.433. The van der Waals surface area contributed by atoms with Crippen molar-refractivity contribution < 1.29 is 4.79 Å². The Kier molecular flexibility index (Phi) is 6.42. The lowest BCUT2D eigenvalue weighted by atomic mass is 9.92. The van der Waals surface area contributed by atoms with Crippen LogP contribution in [0.4, 0.5) is 0 Å². The smallest absolute Gasteiger partial charge is 0.133 e. The fourth-order valence-electron chi connectivity index (χ4n) is 2.76. The molecule has 0 amide bonds. The monoisotopic (exact) mass is 397 g/mol. The highest BCUT2D eigenvalue weighted by atomic mass is 127. The Labute approximate surface area is 141 Å². The first-order valence-electron chi connectivity index (χ1n) is 7.68. The molecule has 21 heavy (non-hydrogen) atoms. The molecular weight excluding hydrogens is 373 g/mol. The Morgan fingerprint density at radius 3 is 2.38 bits per heavy atom. The van der Waals surface area contributed by atoms with Crippen LogP contribution in [0.1, 0.15) is 45.1 Å². The van der Waals surface area contributed by atoms with Gasteiger partial charge in [0.15, 0.2) is 0 Å². The zero-order valence-corrected chi connectivity index (χ0v) is 15.1. The molecule has 0 radical (unpaired) electrons. The Morgan fingerprint density at radius 2 is 1.81 bits per heavy atom. The van der Waals surface area contributed by atoms with Crippen molar-refractivity contribution in [3.8, 4) is 0 Å². The third-order valence-corrected chi connectivity index (χ3v) is 5.56. The third kappa shape index (κ3) is 5.22. The van der Waals surface area contributed by atoms with Gasteiger partial charge in [0.1, 0.15) is 5.78 Å². The summed E-state index contributed by atoms with van der Waals surface area (Å²) in [5.41, 5.74) is 2.74. The standard InChI is InChI=1S/C18H24INO/c1-14(2)18(19)13-20(12-15-6-4-3-5-7-15)16-8-10-17(21)11-9-16/h3-7,16H,8-13H2,1-2H3. The van der Waals surface area contributed by atoms with E-state index in [1.165, 1.54) is 14.7 Å². The summed E-state index contributed by atoms with van der Waals surface area (Å²) in [5, 5.41) is 0. The number of nitrogens with zero attached hydrogens (tertiary/aromatic N) is 1. The maximum atomic E-state index is 11.5. The SMILES string of the molecule is CC(C)=C(I)CN(Cc1ccccc1)C1CCC(=O)CC1. The Hall–Kier alpha value is -0.680. The third-order valence-electron chi connectivity index (χ3n) is 4.14. The summed E-state index contributed by atoms with van der Waals surface area (Å²) in [6.45, 7) is 6.32. The first-order valence-corrected chi connectivity index (χ1v) is 8.75. The van der Waals surface area contributed by atoms with Crippen molar-refractivity contribution in [1.29, 1.82) is 0 Å². The van der Waals surface area contributed by atoms with Crippen LogP contribution in [0.2, 0.25) is 0 Å². The second kappa shape index (κ2) is 8.08. The van der Waals surface area contributed by atoms with Crippen LogP contribution in [0, 0.1) is 0 Å². The molecule has 1 aliphatic carbocycles. The van der Waals surface area contributed by atoms with Crippen LogP contribution in [0.15, 0.2) is 39.5 Å². The van der Waals surface area contributed by atoms with Gasteiger partial charge in [0.2, 0.25) is 0 Å². The number of Topliss-reactive ketones (excluding diaryl/α,β-unsaturated/α-hetero) is 1. The predicted molar refractivity (Wildman–Crippen MR) is 96.5 cm³/mol. The predicted octanol–water partition coefficient (Wildman–Crippen LogP) is 4.73. The molecule has 0 aromatic heterocycles. The maximum absolute atomic E-state index is 11.5. The van der Waals surface area contributed by atoms with Crippen molar-refractivity contribution >= 4 is 28.4 Å². The lowest BCUT2D eigenvalue weighted by molar-refractivity contribution is -0.121. The quantitative estimate of drug-likeness (QED) is 0.670. The molecule has 1 aliphatic rings. The summed E-state index contributed by atoms with van der Waals surface area (Å²) in [6.07, 6.45) is 3.53. The van der Waals surface area contributed by atoms with Gasteiger partial charge in [-0.05, 0) is 54.8 Å². The highest BCUT2D eigenvalue weighted by molar-refractivity contribution is 14.1. The van der Waals surface area contributed by atoms with Gasteiger partial charge >= 0.3 is 0 Å². The number of ketones is 1. The fourth-order valence-corrected chi connectivity index (χ4v) is 3.20. The van der Waals surface area contributed by atoms with Crippen molar-refractivity contribution in [2.75, 3.05) is 6.54 Å². The van der Waals surface area contributed by atoms with Crippen molar-refractivity contribution in [1.82, 2.24) is 4.90 Å². The summed E-state index contributed by atoms with van der Waals surface area (Å²) in [7, 11) is 0. The molecule has 1 aromatic carbocycles. The maximum Gasteiger partial charge on any atom is 0.133 e. The van der Waals surface area contributed by atoms with Gasteiger partial charge in [-0.15, -0.1) is 0 Å². The first-order chi connectivity index (χ1) is 10.1. The van der Waals surface area contributed by atoms with E-state index in [1.807, 2.05) is 0 Å². The second-order valence-electron chi connectivity index (χ2n) is 6.07. The highest BCUT2D eigenvalue weighted by Crippen LogP contribution is 2.25. The van der Waals surface area contributed by atoms with E-state index < -0.39 is 0 Å². The van der Waals surface area contributed by atoms with Crippen LogP contribution in [0.5, 0.6) is 0 Å². The normalized spacial score (nSPS) is 16.3. The van der Waals surface area contributed by atoms with Gasteiger partial charge in [-0.25, -0.2) is 0 Å². The van der Waals surface area contributed by atoms with Gasteiger partial charge < -0.3 is 0 Å². The molecule has 1 fully saturated rings. The lowest BCUT2D eigenvalue weighted by Crippen LogP contribution is -2.38. The molecule has 3 heteroatoms. The van der Waals surface area contributed by atoms with E-state index in [-0.39, 0.29) is 0 Å². The van der Waals surface area contributed by atoms with Gasteiger partial charge in [0, 0.05) is 35.6 Å². The van der Waals surface area contributed by atoms with Gasteiger partial charge in [-0.3, -0.25) is 9.69 Å². The van der Waals surface area contributed by atoms with E-state index in [0.717, 1.165) is 38.8 Å². The van der Waals surface area contributed by atoms with E-state index in [1.54, 1.807) is 0 Å². The van der Waals surface area contributed by atoms with Crippen LogP contribution < -0.4 is 0 Å². The Balaban J connectivity index is 2.10. The van der Waals surface area contributed by atoms with Crippen LogP contribution in [0.3, 0.4) is 0 Å². The van der Waals surface area contributed by atoms with Gasteiger partial charge in [-0.2, -0.15) is 0 Å². The van der Waals surface area contributed by atoms with Crippen LogP contribution >= 0.6 is 22.6 Å². The number of allylic oxidation sites excluding steroid dienone is 1. The fraction of sp³-hybridized carbons (Fsp3) is 0.500. The number of halogens is 1. The molecule has 0 aliphatic heterocycles. The molecule has 0 saturated heterocycles. The van der Waals surface area contributed by atoms with Crippen LogP contribution in [-0.4, -0.2) is 23.3 Å². The number of benzene rings is 1. The molecule has 0 spiro atoms. The zero-order chi connectivity index (χ0) is 15.2. The molecular formula is C18H24INO. The number of hydrogen-bond acceptors (Lipinski definition) is 2. The van der Waals surface area contributed by atoms with E-state index in [2.05, 4.69) is 71.7 Å². The summed E-state index contributed by atoms with van der Waals surface area (Å²) >= 11 is 2.46. The molecule has 0 atom stereocenters. The summed E-state index contributed by atoms with van der Waals surface area (Å²) in [6, 6.07) is 11.2. The minimum Gasteiger partial charge on any atom is -0.300 e. The Morgan fingerprint density at radius 1 is 1.19 bits per heavy atom. The molecule has 0 N–H and O–H groups in total. The Bertz CT molecular complexity index is 495. The van der Waals surface area contributed by atoms with Gasteiger partial charge in [0.05, 0.1) is 0 Å². The first kappa shape index (κ1) is 16.7. The zero-order valence-electron chi connectivity index (χ0n) is 12.9. The van der Waals surface area contributed by atoms with Crippen molar-refractivity contribution in [3.63, 3.8) is 0 Å². The summed E-state index contributed by atoms with van der Waals surface area (Å²) in [4.78, 5) is 14.0.